The van der Waals surface area contributed by atoms with Gasteiger partial charge in [-0.3, -0.25) is 4.72 Å². The molecular formula is C22H21NO2S. The van der Waals surface area contributed by atoms with E-state index < -0.39 is 10.0 Å². The number of fused-ring (bicyclic) bond motifs is 1. The van der Waals surface area contributed by atoms with Gasteiger partial charge in [0.1, 0.15) is 0 Å². The third kappa shape index (κ3) is 3.37. The number of hydrogen-bond acceptors (Lipinski definition) is 2. The van der Waals surface area contributed by atoms with Crippen molar-refractivity contribution in [3.8, 4) is 11.1 Å². The molecule has 0 atom stereocenters. The van der Waals surface area contributed by atoms with Crippen LogP contribution in [0.1, 0.15) is 24.0 Å². The van der Waals surface area contributed by atoms with Gasteiger partial charge in [0.15, 0.2) is 0 Å². The summed E-state index contributed by atoms with van der Waals surface area (Å²) in [6, 6.07) is 22.9. The van der Waals surface area contributed by atoms with Gasteiger partial charge in [-0.1, -0.05) is 54.6 Å². The first-order valence-electron chi connectivity index (χ1n) is 8.92. The molecule has 0 amide bonds. The Kier molecular flexibility index (Phi) is 4.51. The van der Waals surface area contributed by atoms with Crippen LogP contribution in [0.2, 0.25) is 0 Å². The maximum absolute atomic E-state index is 12.8. The minimum Gasteiger partial charge on any atom is -0.279 e. The highest BCUT2D eigenvalue weighted by atomic mass is 32.2. The van der Waals surface area contributed by atoms with Gasteiger partial charge in [0.2, 0.25) is 0 Å². The number of hydrogen-bond donors (Lipinski definition) is 1. The Hall–Kier alpha value is -2.59. The minimum atomic E-state index is -3.60. The Morgan fingerprint density at radius 1 is 0.692 bits per heavy atom. The molecule has 1 aliphatic carbocycles. The molecule has 132 valence electrons. The predicted octanol–water partition coefficient (Wildman–Crippen LogP) is 5.03. The van der Waals surface area contributed by atoms with Gasteiger partial charge in [-0.2, -0.15) is 0 Å². The summed E-state index contributed by atoms with van der Waals surface area (Å²) in [4.78, 5) is 0.283. The van der Waals surface area contributed by atoms with E-state index in [9.17, 15) is 8.42 Å². The largest absolute Gasteiger partial charge is 0.279 e. The maximum atomic E-state index is 12.8. The zero-order valence-corrected chi connectivity index (χ0v) is 15.3. The van der Waals surface area contributed by atoms with E-state index in [0.717, 1.165) is 36.0 Å². The Bertz CT molecular complexity index is 1010. The lowest BCUT2D eigenvalue weighted by molar-refractivity contribution is 0.601. The Morgan fingerprint density at radius 3 is 2.15 bits per heavy atom. The SMILES string of the molecule is O=S(=O)(Nc1cccc2c1CCCC2)c1ccc(-c2ccccc2)cc1. The van der Waals surface area contributed by atoms with Crippen LogP contribution in [0, 0.1) is 0 Å². The van der Waals surface area contributed by atoms with Gasteiger partial charge in [0.25, 0.3) is 10.0 Å². The van der Waals surface area contributed by atoms with E-state index in [1.54, 1.807) is 12.1 Å². The molecule has 3 aromatic rings. The first-order valence-corrected chi connectivity index (χ1v) is 10.4. The van der Waals surface area contributed by atoms with E-state index in [2.05, 4.69) is 10.8 Å². The standard InChI is InChI=1S/C22H21NO2S/c24-26(25,23-22-12-6-10-19-9-4-5-11-21(19)22)20-15-13-18(14-16-20)17-7-2-1-3-8-17/h1-3,6-8,10,12-16,23H,4-5,9,11H2. The summed E-state index contributed by atoms with van der Waals surface area (Å²) in [5, 5.41) is 0. The second kappa shape index (κ2) is 6.96. The summed E-state index contributed by atoms with van der Waals surface area (Å²) in [5.41, 5.74) is 5.19. The molecular weight excluding hydrogens is 342 g/mol. The molecule has 0 fully saturated rings. The zero-order valence-electron chi connectivity index (χ0n) is 14.5. The van der Waals surface area contributed by atoms with Crippen molar-refractivity contribution >= 4 is 15.7 Å². The average Bonchev–Trinajstić information content (AvgIpc) is 2.69. The van der Waals surface area contributed by atoms with Crippen LogP contribution in [0.15, 0.2) is 77.7 Å². The number of anilines is 1. The molecule has 1 aliphatic rings. The van der Waals surface area contributed by atoms with Crippen molar-refractivity contribution in [3.63, 3.8) is 0 Å². The summed E-state index contributed by atoms with van der Waals surface area (Å²) in [6.45, 7) is 0. The van der Waals surface area contributed by atoms with Crippen LogP contribution in [0.5, 0.6) is 0 Å². The average molecular weight is 363 g/mol. The topological polar surface area (TPSA) is 46.2 Å². The van der Waals surface area contributed by atoms with Crippen LogP contribution in [0.3, 0.4) is 0 Å². The lowest BCUT2D eigenvalue weighted by Crippen LogP contribution is -2.16. The quantitative estimate of drug-likeness (QED) is 0.706. The second-order valence-electron chi connectivity index (χ2n) is 6.65. The normalized spacial score (nSPS) is 13.8. The molecule has 0 unspecified atom stereocenters. The predicted molar refractivity (Wildman–Crippen MR) is 106 cm³/mol. The van der Waals surface area contributed by atoms with E-state index in [4.69, 9.17) is 0 Å². The first-order chi connectivity index (χ1) is 12.6. The molecule has 0 bridgehead atoms. The van der Waals surface area contributed by atoms with E-state index >= 15 is 0 Å². The maximum Gasteiger partial charge on any atom is 0.261 e. The molecule has 0 heterocycles. The number of aryl methyl sites for hydroxylation is 1. The van der Waals surface area contributed by atoms with E-state index in [0.29, 0.717) is 5.69 Å². The molecule has 1 N–H and O–H groups in total. The highest BCUT2D eigenvalue weighted by Gasteiger charge is 2.19. The van der Waals surface area contributed by atoms with Gasteiger partial charge < -0.3 is 0 Å². The molecule has 0 spiro atoms. The molecule has 0 saturated carbocycles. The van der Waals surface area contributed by atoms with Gasteiger partial charge in [0, 0.05) is 0 Å². The fourth-order valence-corrected chi connectivity index (χ4v) is 4.63. The molecule has 4 rings (SSSR count). The molecule has 3 aromatic carbocycles. The lowest BCUT2D eigenvalue weighted by atomic mass is 9.91. The van der Waals surface area contributed by atoms with Gasteiger partial charge >= 0.3 is 0 Å². The third-order valence-electron chi connectivity index (χ3n) is 4.91. The van der Waals surface area contributed by atoms with E-state index in [-0.39, 0.29) is 4.90 Å². The van der Waals surface area contributed by atoms with Crippen molar-refractivity contribution in [3.05, 3.63) is 83.9 Å². The summed E-state index contributed by atoms with van der Waals surface area (Å²) in [5.74, 6) is 0. The van der Waals surface area contributed by atoms with E-state index in [1.807, 2.05) is 54.6 Å². The molecule has 0 aromatic heterocycles. The van der Waals surface area contributed by atoms with Crippen molar-refractivity contribution in [2.24, 2.45) is 0 Å². The molecule has 4 heteroatoms. The fourth-order valence-electron chi connectivity index (χ4n) is 3.54. The first kappa shape index (κ1) is 16.9. The molecule has 3 nitrogen and oxygen atoms in total. The van der Waals surface area contributed by atoms with Gasteiger partial charge in [-0.25, -0.2) is 8.42 Å². The van der Waals surface area contributed by atoms with Crippen LogP contribution >= 0.6 is 0 Å². The van der Waals surface area contributed by atoms with Crippen molar-refractivity contribution in [1.29, 1.82) is 0 Å². The van der Waals surface area contributed by atoms with E-state index in [1.165, 1.54) is 12.0 Å². The second-order valence-corrected chi connectivity index (χ2v) is 8.33. The molecule has 0 aliphatic heterocycles. The lowest BCUT2D eigenvalue weighted by Gasteiger charge is -2.20. The number of rotatable bonds is 4. The van der Waals surface area contributed by atoms with Crippen molar-refractivity contribution in [1.82, 2.24) is 0 Å². The Morgan fingerprint density at radius 2 is 1.38 bits per heavy atom. The third-order valence-corrected chi connectivity index (χ3v) is 6.29. The molecule has 0 radical (unpaired) electrons. The van der Waals surface area contributed by atoms with Crippen molar-refractivity contribution in [2.45, 2.75) is 30.6 Å². The fraction of sp³-hybridized carbons (Fsp3) is 0.182. The van der Waals surface area contributed by atoms with Crippen LogP contribution in [0.25, 0.3) is 11.1 Å². The van der Waals surface area contributed by atoms with Gasteiger partial charge in [0.05, 0.1) is 10.6 Å². The number of nitrogens with one attached hydrogen (secondary N) is 1. The van der Waals surface area contributed by atoms with Crippen LogP contribution in [-0.2, 0) is 22.9 Å². The summed E-state index contributed by atoms with van der Waals surface area (Å²) in [7, 11) is -3.60. The van der Waals surface area contributed by atoms with Crippen LogP contribution < -0.4 is 4.72 Å². The number of benzene rings is 3. The summed E-state index contributed by atoms with van der Waals surface area (Å²) < 4.78 is 28.4. The van der Waals surface area contributed by atoms with Gasteiger partial charge in [-0.15, -0.1) is 0 Å². The van der Waals surface area contributed by atoms with Crippen molar-refractivity contribution in [2.75, 3.05) is 4.72 Å². The zero-order chi connectivity index (χ0) is 18.0. The Labute approximate surface area is 154 Å². The molecule has 26 heavy (non-hydrogen) atoms. The van der Waals surface area contributed by atoms with Crippen molar-refractivity contribution < 1.29 is 8.42 Å². The van der Waals surface area contributed by atoms with Crippen LogP contribution in [0.4, 0.5) is 5.69 Å². The van der Waals surface area contributed by atoms with Crippen LogP contribution in [-0.4, -0.2) is 8.42 Å². The molecule has 0 saturated heterocycles. The monoisotopic (exact) mass is 363 g/mol. The summed E-state index contributed by atoms with van der Waals surface area (Å²) >= 11 is 0. The number of sulfonamides is 1. The highest BCUT2D eigenvalue weighted by molar-refractivity contribution is 7.92. The van der Waals surface area contributed by atoms with Gasteiger partial charge in [-0.05, 0) is 66.1 Å². The summed E-state index contributed by atoms with van der Waals surface area (Å²) in [6.07, 6.45) is 4.24. The minimum absolute atomic E-state index is 0.283. The Balaban J connectivity index is 1.61. The highest BCUT2D eigenvalue weighted by Crippen LogP contribution is 2.30. The smallest absolute Gasteiger partial charge is 0.261 e.